The van der Waals surface area contributed by atoms with Crippen LogP contribution in [0.4, 0.5) is 11.6 Å². The predicted molar refractivity (Wildman–Crippen MR) is 124 cm³/mol. The highest BCUT2D eigenvalue weighted by molar-refractivity contribution is 6.00. The smallest absolute Gasteiger partial charge is 0.229 e. The second kappa shape index (κ2) is 6.62. The number of fused-ring (bicyclic) bond motifs is 2. The van der Waals surface area contributed by atoms with Gasteiger partial charge in [-0.1, -0.05) is 6.07 Å². The molecule has 1 aromatic carbocycles. The molecule has 0 aliphatic heterocycles. The maximum atomic E-state index is 13.0. The van der Waals surface area contributed by atoms with Crippen LogP contribution in [0.3, 0.4) is 0 Å². The van der Waals surface area contributed by atoms with E-state index in [1.54, 1.807) is 16.9 Å². The van der Waals surface area contributed by atoms with Gasteiger partial charge in [0, 0.05) is 35.8 Å². The minimum Gasteiger partial charge on any atom is -0.383 e. The Labute approximate surface area is 190 Å². The standard InChI is InChI=1S/C25H21N7O/c1-13-3-4-14(9-26)5-17(13)20-6-15-7-21(28-11-18(15)23(27)30-20)31-24(33)22-19-8-25(19,22)16-10-29-32(2)12-16/h3-7,10-12,19,22H,8H2,1-2H3,(H2,27,30)(H,28,31,33)/t19?,22-,25+/m0/s1. The first-order valence-corrected chi connectivity index (χ1v) is 10.8. The minimum absolute atomic E-state index is 0.0122. The Morgan fingerprint density at radius 1 is 1.30 bits per heavy atom. The molecule has 3 heterocycles. The van der Waals surface area contributed by atoms with Crippen molar-refractivity contribution in [3.63, 3.8) is 0 Å². The Balaban J connectivity index is 1.30. The first kappa shape index (κ1) is 19.4. The van der Waals surface area contributed by atoms with E-state index in [9.17, 15) is 10.1 Å². The maximum Gasteiger partial charge on any atom is 0.229 e. The molecule has 3 atom stereocenters. The molecule has 6 rings (SSSR count). The lowest BCUT2D eigenvalue weighted by Gasteiger charge is -2.12. The SMILES string of the molecule is Cc1ccc(C#N)cc1-c1cc2cc(NC(=O)[C@@H]3C4C[C@@]43c3cnn(C)c3)ncc2c(N)n1. The summed E-state index contributed by atoms with van der Waals surface area (Å²) < 4.78 is 1.78. The Morgan fingerprint density at radius 3 is 2.88 bits per heavy atom. The van der Waals surface area contributed by atoms with Crippen molar-refractivity contribution in [1.29, 1.82) is 5.26 Å². The summed E-state index contributed by atoms with van der Waals surface area (Å²) in [6.07, 6.45) is 6.54. The number of aryl methyl sites for hydroxylation is 2. The third-order valence-corrected chi connectivity index (χ3v) is 7.07. The van der Waals surface area contributed by atoms with Gasteiger partial charge in [0.05, 0.1) is 29.4 Å². The number of pyridine rings is 2. The molecular weight excluding hydrogens is 414 g/mol. The van der Waals surface area contributed by atoms with Crippen molar-refractivity contribution >= 4 is 28.3 Å². The predicted octanol–water partition coefficient (Wildman–Crippen LogP) is 3.32. The molecule has 1 unspecified atom stereocenters. The van der Waals surface area contributed by atoms with E-state index in [0.29, 0.717) is 34.2 Å². The monoisotopic (exact) mass is 435 g/mol. The van der Waals surface area contributed by atoms with Crippen molar-refractivity contribution in [2.45, 2.75) is 18.8 Å². The van der Waals surface area contributed by atoms with Crippen molar-refractivity contribution in [3.8, 4) is 17.3 Å². The molecule has 2 saturated carbocycles. The van der Waals surface area contributed by atoms with Crippen LogP contribution in [0.1, 0.15) is 23.1 Å². The molecule has 2 aliphatic rings. The van der Waals surface area contributed by atoms with Gasteiger partial charge in [-0.05, 0) is 60.0 Å². The van der Waals surface area contributed by atoms with Crippen LogP contribution in [0, 0.1) is 30.1 Å². The van der Waals surface area contributed by atoms with Crippen LogP contribution in [0.2, 0.25) is 0 Å². The topological polar surface area (TPSA) is 123 Å². The number of hydrogen-bond acceptors (Lipinski definition) is 6. The number of anilines is 2. The van der Waals surface area contributed by atoms with Crippen molar-refractivity contribution in [2.75, 3.05) is 11.1 Å². The highest BCUT2D eigenvalue weighted by Crippen LogP contribution is 2.80. The molecule has 3 aromatic heterocycles. The van der Waals surface area contributed by atoms with Crippen molar-refractivity contribution < 1.29 is 4.79 Å². The molecule has 8 nitrogen and oxygen atoms in total. The van der Waals surface area contributed by atoms with Gasteiger partial charge in [0.2, 0.25) is 5.91 Å². The van der Waals surface area contributed by atoms with Gasteiger partial charge in [-0.2, -0.15) is 10.4 Å². The van der Waals surface area contributed by atoms with Crippen LogP contribution >= 0.6 is 0 Å². The van der Waals surface area contributed by atoms with Gasteiger partial charge in [0.15, 0.2) is 0 Å². The summed E-state index contributed by atoms with van der Waals surface area (Å²) in [5.41, 5.74) is 10.4. The first-order chi connectivity index (χ1) is 15.9. The number of nitriles is 1. The fraction of sp³-hybridized carbons (Fsp3) is 0.240. The van der Waals surface area contributed by atoms with E-state index in [4.69, 9.17) is 5.73 Å². The van der Waals surface area contributed by atoms with Crippen LogP contribution in [-0.4, -0.2) is 25.7 Å². The number of nitrogens with one attached hydrogen (secondary N) is 1. The summed E-state index contributed by atoms with van der Waals surface area (Å²) in [4.78, 5) is 21.9. The number of hydrogen-bond donors (Lipinski definition) is 2. The van der Waals surface area contributed by atoms with Crippen LogP contribution in [0.15, 0.2) is 48.9 Å². The molecule has 8 heteroatoms. The number of amides is 1. The maximum absolute atomic E-state index is 13.0. The normalized spacial score (nSPS) is 22.5. The first-order valence-electron chi connectivity index (χ1n) is 10.8. The van der Waals surface area contributed by atoms with Gasteiger partial charge in [0.1, 0.15) is 11.6 Å². The average Bonchev–Trinajstić information content (AvgIpc) is 3.62. The number of benzene rings is 1. The third kappa shape index (κ3) is 2.89. The lowest BCUT2D eigenvalue weighted by Crippen LogP contribution is -2.22. The van der Waals surface area contributed by atoms with Gasteiger partial charge in [-0.25, -0.2) is 9.97 Å². The molecule has 1 amide bonds. The van der Waals surface area contributed by atoms with Crippen LogP contribution < -0.4 is 11.1 Å². The Hall–Kier alpha value is -4.25. The lowest BCUT2D eigenvalue weighted by atomic mass is 9.99. The highest BCUT2D eigenvalue weighted by atomic mass is 16.2. The zero-order chi connectivity index (χ0) is 22.9. The number of nitrogens with two attached hydrogens (primary N) is 1. The van der Waals surface area contributed by atoms with Crippen LogP contribution in [0.25, 0.3) is 22.0 Å². The Kier molecular flexibility index (Phi) is 3.90. The zero-order valence-electron chi connectivity index (χ0n) is 18.2. The summed E-state index contributed by atoms with van der Waals surface area (Å²) in [5.74, 6) is 1.19. The Morgan fingerprint density at radius 2 is 2.15 bits per heavy atom. The van der Waals surface area contributed by atoms with Gasteiger partial charge in [0.25, 0.3) is 0 Å². The average molecular weight is 435 g/mol. The molecule has 0 radical (unpaired) electrons. The zero-order valence-corrected chi connectivity index (χ0v) is 18.2. The minimum atomic E-state index is -0.0417. The van der Waals surface area contributed by atoms with E-state index in [2.05, 4.69) is 26.5 Å². The molecular formula is C25H21N7O. The van der Waals surface area contributed by atoms with Crippen LogP contribution in [0.5, 0.6) is 0 Å². The molecule has 4 aromatic rings. The number of aromatic nitrogens is 4. The van der Waals surface area contributed by atoms with Crippen molar-refractivity contribution in [3.05, 3.63) is 65.6 Å². The molecule has 3 N–H and O–H groups in total. The van der Waals surface area contributed by atoms with E-state index >= 15 is 0 Å². The Bertz CT molecular complexity index is 1520. The summed E-state index contributed by atoms with van der Waals surface area (Å²) in [6.45, 7) is 1.97. The number of carbonyl (C=O) groups is 1. The second-order valence-corrected chi connectivity index (χ2v) is 9.05. The molecule has 2 aliphatic carbocycles. The van der Waals surface area contributed by atoms with E-state index in [-0.39, 0.29) is 17.2 Å². The molecule has 0 bridgehead atoms. The lowest BCUT2D eigenvalue weighted by molar-refractivity contribution is -0.118. The van der Waals surface area contributed by atoms with E-state index in [0.717, 1.165) is 28.5 Å². The summed E-state index contributed by atoms with van der Waals surface area (Å²) in [7, 11) is 1.89. The van der Waals surface area contributed by atoms with Gasteiger partial charge < -0.3 is 11.1 Å². The highest BCUT2D eigenvalue weighted by Gasteiger charge is 2.82. The molecule has 2 fully saturated rings. The number of rotatable bonds is 4. The fourth-order valence-electron chi connectivity index (χ4n) is 5.05. The molecule has 0 spiro atoms. The molecule has 33 heavy (non-hydrogen) atoms. The summed E-state index contributed by atoms with van der Waals surface area (Å²) in [5, 5.41) is 18.0. The third-order valence-electron chi connectivity index (χ3n) is 7.07. The van der Waals surface area contributed by atoms with Gasteiger partial charge >= 0.3 is 0 Å². The summed E-state index contributed by atoms with van der Waals surface area (Å²) in [6, 6.07) is 11.4. The quantitative estimate of drug-likeness (QED) is 0.507. The van der Waals surface area contributed by atoms with E-state index < -0.39 is 0 Å². The second-order valence-electron chi connectivity index (χ2n) is 9.05. The number of carbonyl (C=O) groups excluding carboxylic acids is 1. The van der Waals surface area contributed by atoms with Gasteiger partial charge in [-0.15, -0.1) is 0 Å². The molecule has 162 valence electrons. The van der Waals surface area contributed by atoms with E-state index in [1.165, 1.54) is 0 Å². The molecule has 0 saturated heterocycles. The van der Waals surface area contributed by atoms with E-state index in [1.807, 2.05) is 50.6 Å². The largest absolute Gasteiger partial charge is 0.383 e. The number of nitrogens with zero attached hydrogens (tertiary/aromatic N) is 5. The summed E-state index contributed by atoms with van der Waals surface area (Å²) >= 11 is 0. The van der Waals surface area contributed by atoms with Crippen LogP contribution in [-0.2, 0) is 17.3 Å². The van der Waals surface area contributed by atoms with Crippen molar-refractivity contribution in [2.24, 2.45) is 18.9 Å². The number of nitrogen functional groups attached to an aromatic ring is 1. The van der Waals surface area contributed by atoms with Gasteiger partial charge in [-0.3, -0.25) is 9.48 Å². The fourth-order valence-corrected chi connectivity index (χ4v) is 5.05. The van der Waals surface area contributed by atoms with Crippen molar-refractivity contribution in [1.82, 2.24) is 19.7 Å².